The third kappa shape index (κ3) is 6.81. The van der Waals surface area contributed by atoms with E-state index in [2.05, 4.69) is 79.8 Å². The number of halogens is 1. The van der Waals surface area contributed by atoms with E-state index in [0.29, 0.717) is 12.5 Å². The van der Waals surface area contributed by atoms with Gasteiger partial charge in [-0.15, -0.1) is 0 Å². The van der Waals surface area contributed by atoms with Crippen molar-refractivity contribution in [1.29, 1.82) is 0 Å². The molecule has 1 N–H and O–H groups in total. The highest BCUT2D eigenvalue weighted by Crippen LogP contribution is 2.35. The van der Waals surface area contributed by atoms with Crippen LogP contribution < -0.4 is 5.32 Å². The Morgan fingerprint density at radius 3 is 1.90 bits per heavy atom. The smallest absolute Gasteiger partial charge is 0.123 e. The van der Waals surface area contributed by atoms with Crippen LogP contribution in [-0.4, -0.2) is 10.9 Å². The molecule has 2 atom stereocenters. The second kappa shape index (κ2) is 11.9. The SMILES string of the molecule is CCC(CC)N[C@H](c1ccccc1)[C@H](CC(=S)Cc1ccc(F)cc1)c1ccccc1. The molecule has 0 spiro atoms. The zero-order chi connectivity index (χ0) is 22.1. The molecule has 3 aromatic carbocycles. The van der Waals surface area contributed by atoms with Crippen molar-refractivity contribution in [3.8, 4) is 0 Å². The van der Waals surface area contributed by atoms with Crippen molar-refractivity contribution in [2.24, 2.45) is 0 Å². The lowest BCUT2D eigenvalue weighted by molar-refractivity contribution is 0.372. The average Bonchev–Trinajstić information content (AvgIpc) is 2.81. The van der Waals surface area contributed by atoms with E-state index in [1.54, 1.807) is 0 Å². The molecule has 1 nitrogen and oxygen atoms in total. The number of rotatable bonds is 11. The topological polar surface area (TPSA) is 12.0 Å². The summed E-state index contributed by atoms with van der Waals surface area (Å²) in [5.41, 5.74) is 3.63. The standard InChI is InChI=1S/C28H32FNS/c1-3-25(4-2)30-28(23-13-9-6-10-14-23)27(22-11-7-5-8-12-22)20-26(31)19-21-15-17-24(29)18-16-21/h5-18,25,27-28,30H,3-4,19-20H2,1-2H3/t27-,28-/m1/s1. The summed E-state index contributed by atoms with van der Waals surface area (Å²) in [7, 11) is 0. The van der Waals surface area contributed by atoms with Crippen LogP contribution in [-0.2, 0) is 6.42 Å². The Morgan fingerprint density at radius 2 is 1.35 bits per heavy atom. The summed E-state index contributed by atoms with van der Waals surface area (Å²) >= 11 is 5.86. The van der Waals surface area contributed by atoms with Crippen LogP contribution in [0.4, 0.5) is 4.39 Å². The summed E-state index contributed by atoms with van der Waals surface area (Å²) in [4.78, 5) is 0.993. The Morgan fingerprint density at radius 1 is 0.806 bits per heavy atom. The van der Waals surface area contributed by atoms with Crippen LogP contribution in [0.15, 0.2) is 84.9 Å². The molecule has 162 valence electrons. The Labute approximate surface area is 191 Å². The first-order valence-corrected chi connectivity index (χ1v) is 11.6. The molecule has 0 aromatic heterocycles. The summed E-state index contributed by atoms with van der Waals surface area (Å²) in [6.45, 7) is 4.47. The number of nitrogens with one attached hydrogen (secondary N) is 1. The van der Waals surface area contributed by atoms with Crippen LogP contribution in [0.1, 0.15) is 61.8 Å². The van der Waals surface area contributed by atoms with Gasteiger partial charge in [-0.1, -0.05) is 98.9 Å². The van der Waals surface area contributed by atoms with Gasteiger partial charge in [-0.3, -0.25) is 0 Å². The van der Waals surface area contributed by atoms with E-state index in [1.165, 1.54) is 23.3 Å². The van der Waals surface area contributed by atoms with Gasteiger partial charge in [0.15, 0.2) is 0 Å². The van der Waals surface area contributed by atoms with Gasteiger partial charge in [0, 0.05) is 24.4 Å². The Balaban J connectivity index is 1.91. The van der Waals surface area contributed by atoms with E-state index in [1.807, 2.05) is 12.1 Å². The van der Waals surface area contributed by atoms with E-state index >= 15 is 0 Å². The molecule has 3 aromatic rings. The number of hydrogen-bond acceptors (Lipinski definition) is 2. The third-order valence-corrected chi connectivity index (χ3v) is 6.26. The predicted octanol–water partition coefficient (Wildman–Crippen LogP) is 7.43. The molecule has 31 heavy (non-hydrogen) atoms. The zero-order valence-corrected chi connectivity index (χ0v) is 19.2. The fraction of sp³-hybridized carbons (Fsp3) is 0.321. The minimum atomic E-state index is -0.213. The van der Waals surface area contributed by atoms with E-state index in [4.69, 9.17) is 12.2 Å². The minimum Gasteiger partial charge on any atom is -0.307 e. The van der Waals surface area contributed by atoms with Crippen molar-refractivity contribution in [3.63, 3.8) is 0 Å². The van der Waals surface area contributed by atoms with Gasteiger partial charge in [0.2, 0.25) is 0 Å². The average molecular weight is 434 g/mol. The third-order valence-electron chi connectivity index (χ3n) is 5.95. The molecular formula is C28H32FNS. The maximum atomic E-state index is 13.3. The van der Waals surface area contributed by atoms with Crippen LogP contribution >= 0.6 is 12.2 Å². The lowest BCUT2D eigenvalue weighted by atomic mass is 9.82. The normalized spacial score (nSPS) is 13.2. The first-order chi connectivity index (χ1) is 15.1. The van der Waals surface area contributed by atoms with E-state index in [0.717, 1.165) is 29.7 Å². The second-order valence-corrected chi connectivity index (χ2v) is 8.71. The van der Waals surface area contributed by atoms with Crippen LogP contribution in [0, 0.1) is 5.82 Å². The van der Waals surface area contributed by atoms with Crippen molar-refractivity contribution in [2.45, 2.75) is 57.5 Å². The first-order valence-electron chi connectivity index (χ1n) is 11.2. The molecule has 0 amide bonds. The molecule has 3 rings (SSSR count). The van der Waals surface area contributed by atoms with Gasteiger partial charge in [-0.25, -0.2) is 4.39 Å². The fourth-order valence-electron chi connectivity index (χ4n) is 4.16. The largest absolute Gasteiger partial charge is 0.307 e. The predicted molar refractivity (Wildman–Crippen MR) is 133 cm³/mol. The van der Waals surface area contributed by atoms with Crippen molar-refractivity contribution < 1.29 is 4.39 Å². The highest BCUT2D eigenvalue weighted by Gasteiger charge is 2.27. The van der Waals surface area contributed by atoms with Crippen LogP contribution in [0.25, 0.3) is 0 Å². The van der Waals surface area contributed by atoms with Gasteiger partial charge >= 0.3 is 0 Å². The van der Waals surface area contributed by atoms with Gasteiger partial charge in [-0.2, -0.15) is 0 Å². The highest BCUT2D eigenvalue weighted by atomic mass is 32.1. The van der Waals surface area contributed by atoms with Crippen LogP contribution in [0.3, 0.4) is 0 Å². The zero-order valence-electron chi connectivity index (χ0n) is 18.4. The summed E-state index contributed by atoms with van der Waals surface area (Å²) in [5.74, 6) is 0.00694. The summed E-state index contributed by atoms with van der Waals surface area (Å²) in [6.07, 6.45) is 3.65. The highest BCUT2D eigenvalue weighted by molar-refractivity contribution is 7.80. The molecule has 0 saturated heterocycles. The number of hydrogen-bond donors (Lipinski definition) is 1. The molecule has 0 fully saturated rings. The monoisotopic (exact) mass is 433 g/mol. The molecule has 0 bridgehead atoms. The molecule has 0 radical (unpaired) electrons. The van der Waals surface area contributed by atoms with Crippen molar-refractivity contribution >= 4 is 17.1 Å². The Kier molecular flexibility index (Phi) is 8.93. The lowest BCUT2D eigenvalue weighted by Gasteiger charge is -2.33. The molecule has 0 aliphatic carbocycles. The molecular weight excluding hydrogens is 401 g/mol. The maximum Gasteiger partial charge on any atom is 0.123 e. The van der Waals surface area contributed by atoms with Gasteiger partial charge in [0.1, 0.15) is 5.82 Å². The van der Waals surface area contributed by atoms with Gasteiger partial charge < -0.3 is 5.32 Å². The number of benzene rings is 3. The van der Waals surface area contributed by atoms with E-state index < -0.39 is 0 Å². The van der Waals surface area contributed by atoms with E-state index in [9.17, 15) is 4.39 Å². The van der Waals surface area contributed by atoms with Gasteiger partial charge in [0.25, 0.3) is 0 Å². The van der Waals surface area contributed by atoms with Crippen LogP contribution in [0.2, 0.25) is 0 Å². The van der Waals surface area contributed by atoms with E-state index in [-0.39, 0.29) is 17.8 Å². The quantitative estimate of drug-likeness (QED) is 0.316. The summed E-state index contributed by atoms with van der Waals surface area (Å²) in [5, 5.41) is 3.94. The van der Waals surface area contributed by atoms with Crippen molar-refractivity contribution in [1.82, 2.24) is 5.32 Å². The van der Waals surface area contributed by atoms with Crippen molar-refractivity contribution in [3.05, 3.63) is 107 Å². The molecule has 0 aliphatic rings. The van der Waals surface area contributed by atoms with Gasteiger partial charge in [0.05, 0.1) is 0 Å². The second-order valence-electron chi connectivity index (χ2n) is 8.13. The molecule has 0 unspecified atom stereocenters. The molecule has 0 saturated carbocycles. The van der Waals surface area contributed by atoms with Crippen molar-refractivity contribution in [2.75, 3.05) is 0 Å². The van der Waals surface area contributed by atoms with Gasteiger partial charge in [-0.05, 0) is 53.0 Å². The Bertz CT molecular complexity index is 920. The lowest BCUT2D eigenvalue weighted by Crippen LogP contribution is -2.36. The summed E-state index contributed by atoms with van der Waals surface area (Å²) < 4.78 is 13.3. The summed E-state index contributed by atoms with van der Waals surface area (Å²) in [6, 6.07) is 28.7. The molecule has 3 heteroatoms. The first kappa shape index (κ1) is 23.3. The Hall–Kier alpha value is -2.36. The molecule has 0 heterocycles. The minimum absolute atomic E-state index is 0.166. The van der Waals surface area contributed by atoms with Crippen LogP contribution in [0.5, 0.6) is 0 Å². The number of thiocarbonyl (C=S) groups is 1. The maximum absolute atomic E-state index is 13.3. The molecule has 0 aliphatic heterocycles. The fourth-order valence-corrected chi connectivity index (χ4v) is 4.51.